The van der Waals surface area contributed by atoms with Crippen molar-refractivity contribution in [2.75, 3.05) is 26.2 Å². The summed E-state index contributed by atoms with van der Waals surface area (Å²) in [6.07, 6.45) is 40.6. The zero-order valence-electron chi connectivity index (χ0n) is 31.8. The first-order valence-electron chi connectivity index (χ1n) is 20.6. The molecule has 1 unspecified atom stereocenters. The quantitative estimate of drug-likeness (QED) is 0.0562. The lowest BCUT2D eigenvalue weighted by Gasteiger charge is -2.40. The van der Waals surface area contributed by atoms with Crippen LogP contribution in [0.5, 0.6) is 0 Å². The number of rotatable bonds is 34. The van der Waals surface area contributed by atoms with Crippen molar-refractivity contribution in [3.63, 3.8) is 0 Å². The van der Waals surface area contributed by atoms with E-state index in [1.54, 1.807) is 0 Å². The van der Waals surface area contributed by atoms with Crippen molar-refractivity contribution in [1.29, 1.82) is 0 Å². The Morgan fingerprint density at radius 3 is 0.886 bits per heavy atom. The molecule has 3 heteroatoms. The maximum atomic E-state index is 10.6. The normalized spacial score (nSPS) is 12.2. The second kappa shape index (κ2) is 36.9. The van der Waals surface area contributed by atoms with Crippen molar-refractivity contribution in [3.05, 3.63) is 0 Å². The summed E-state index contributed by atoms with van der Waals surface area (Å²) in [5.41, 5.74) is 5.11. The molecule has 3 nitrogen and oxygen atoms in total. The van der Waals surface area contributed by atoms with Crippen LogP contribution in [0.1, 0.15) is 228 Å². The van der Waals surface area contributed by atoms with Crippen molar-refractivity contribution in [2.24, 2.45) is 11.7 Å². The molecular formula is C41H87N2O+. The van der Waals surface area contributed by atoms with Crippen LogP contribution in [0.4, 0.5) is 0 Å². The number of hydrogen-bond acceptors (Lipinski definition) is 1. The van der Waals surface area contributed by atoms with Crippen LogP contribution in [0.3, 0.4) is 0 Å². The van der Waals surface area contributed by atoms with Gasteiger partial charge in [-0.25, -0.2) is 0 Å². The summed E-state index contributed by atoms with van der Waals surface area (Å²) >= 11 is 0. The number of primary amides is 1. The molecule has 1 atom stereocenters. The SMILES string of the molecule is CCCCCCC(C)C(N)=O.CCCCCCCC[N+](CCCCCCCC)(CCCCCCCC)CCCCCCCC. The van der Waals surface area contributed by atoms with Gasteiger partial charge in [-0.15, -0.1) is 0 Å². The monoisotopic (exact) mass is 624 g/mol. The van der Waals surface area contributed by atoms with Gasteiger partial charge in [0.1, 0.15) is 0 Å². The highest BCUT2D eigenvalue weighted by Gasteiger charge is 2.25. The zero-order chi connectivity index (χ0) is 33.0. The molecule has 0 aromatic rings. The van der Waals surface area contributed by atoms with E-state index < -0.39 is 0 Å². The fourth-order valence-electron chi connectivity index (χ4n) is 6.60. The first-order chi connectivity index (χ1) is 21.4. The van der Waals surface area contributed by atoms with E-state index in [1.807, 2.05) is 6.92 Å². The number of quaternary nitrogens is 1. The Kier molecular flexibility index (Phi) is 38.2. The Hall–Kier alpha value is -0.570. The molecule has 0 fully saturated rings. The summed E-state index contributed by atoms with van der Waals surface area (Å²) in [6.45, 7) is 19.3. The fourth-order valence-corrected chi connectivity index (χ4v) is 6.60. The minimum atomic E-state index is -0.165. The number of nitrogens with zero attached hydrogens (tertiary/aromatic N) is 1. The molecule has 1 amide bonds. The topological polar surface area (TPSA) is 43.1 Å². The number of carbonyl (C=O) groups excluding carboxylic acids is 1. The van der Waals surface area contributed by atoms with E-state index >= 15 is 0 Å². The molecule has 0 aliphatic rings. The maximum Gasteiger partial charge on any atom is 0.220 e. The highest BCUT2D eigenvalue weighted by Crippen LogP contribution is 2.21. The molecule has 0 saturated carbocycles. The Bertz CT molecular complexity index is 479. The van der Waals surface area contributed by atoms with Gasteiger partial charge >= 0.3 is 0 Å². The molecule has 0 aromatic heterocycles. The smallest absolute Gasteiger partial charge is 0.220 e. The van der Waals surface area contributed by atoms with Crippen LogP contribution in [-0.4, -0.2) is 36.6 Å². The molecule has 266 valence electrons. The van der Waals surface area contributed by atoms with Crippen molar-refractivity contribution >= 4 is 5.91 Å². The lowest BCUT2D eigenvalue weighted by Crippen LogP contribution is -2.50. The molecule has 0 radical (unpaired) electrons. The first kappa shape index (κ1) is 45.6. The molecule has 0 spiro atoms. The van der Waals surface area contributed by atoms with E-state index in [9.17, 15) is 4.79 Å². The van der Waals surface area contributed by atoms with Crippen molar-refractivity contribution < 1.29 is 9.28 Å². The molecule has 0 aliphatic heterocycles. The van der Waals surface area contributed by atoms with Gasteiger partial charge in [-0.1, -0.05) is 170 Å². The molecule has 0 heterocycles. The number of amides is 1. The summed E-state index contributed by atoms with van der Waals surface area (Å²) in [7, 11) is 0. The zero-order valence-corrected chi connectivity index (χ0v) is 31.8. The van der Waals surface area contributed by atoms with Gasteiger partial charge in [0.2, 0.25) is 5.91 Å². The molecule has 0 bridgehead atoms. The van der Waals surface area contributed by atoms with Crippen LogP contribution in [0, 0.1) is 5.92 Å². The van der Waals surface area contributed by atoms with E-state index in [0.29, 0.717) is 0 Å². The van der Waals surface area contributed by atoms with Gasteiger partial charge < -0.3 is 10.2 Å². The lowest BCUT2D eigenvalue weighted by atomic mass is 10.0. The van der Waals surface area contributed by atoms with Crippen molar-refractivity contribution in [2.45, 2.75) is 228 Å². The second-order valence-corrected chi connectivity index (χ2v) is 14.5. The standard InChI is InChI=1S/C32H68N.C9H19NO/c1-5-9-13-17-21-25-29-33(30-26-22-18-14-10-6-2,31-27-23-19-15-11-7-3)32-28-24-20-16-12-8-4;1-3-4-5-6-7-8(2)9(10)11/h5-32H2,1-4H3;8H,3-7H2,1-2H3,(H2,10,11)/q+1;. The summed E-state index contributed by atoms with van der Waals surface area (Å²) in [4.78, 5) is 10.6. The van der Waals surface area contributed by atoms with Crippen LogP contribution >= 0.6 is 0 Å². The summed E-state index contributed by atoms with van der Waals surface area (Å²) < 4.78 is 1.48. The Balaban J connectivity index is 0. The largest absolute Gasteiger partial charge is 0.369 e. The Morgan fingerprint density at radius 2 is 0.636 bits per heavy atom. The lowest BCUT2D eigenvalue weighted by molar-refractivity contribution is -0.929. The van der Waals surface area contributed by atoms with E-state index in [4.69, 9.17) is 5.73 Å². The number of unbranched alkanes of at least 4 members (excludes halogenated alkanes) is 23. The van der Waals surface area contributed by atoms with Crippen LogP contribution in [-0.2, 0) is 4.79 Å². The molecule has 0 aliphatic carbocycles. The number of nitrogens with two attached hydrogens (primary N) is 1. The van der Waals surface area contributed by atoms with Gasteiger partial charge in [-0.3, -0.25) is 4.79 Å². The number of hydrogen-bond donors (Lipinski definition) is 1. The van der Waals surface area contributed by atoms with Crippen LogP contribution < -0.4 is 5.73 Å². The predicted molar refractivity (Wildman–Crippen MR) is 200 cm³/mol. The van der Waals surface area contributed by atoms with Crippen LogP contribution in [0.2, 0.25) is 0 Å². The second-order valence-electron chi connectivity index (χ2n) is 14.5. The molecule has 0 rings (SSSR count). The number of carbonyl (C=O) groups is 1. The molecular weight excluding hydrogens is 536 g/mol. The third-order valence-corrected chi connectivity index (χ3v) is 9.92. The van der Waals surface area contributed by atoms with Gasteiger partial charge in [0.05, 0.1) is 26.2 Å². The minimum Gasteiger partial charge on any atom is -0.369 e. The van der Waals surface area contributed by atoms with E-state index in [-0.39, 0.29) is 11.8 Å². The Labute approximate surface area is 280 Å². The van der Waals surface area contributed by atoms with Gasteiger partial charge in [0.25, 0.3) is 0 Å². The summed E-state index contributed by atoms with van der Waals surface area (Å²) in [5, 5.41) is 0. The molecule has 2 N–H and O–H groups in total. The molecule has 44 heavy (non-hydrogen) atoms. The van der Waals surface area contributed by atoms with Crippen molar-refractivity contribution in [3.8, 4) is 0 Å². The highest BCUT2D eigenvalue weighted by atomic mass is 16.1. The third kappa shape index (κ3) is 32.8. The third-order valence-electron chi connectivity index (χ3n) is 9.92. The van der Waals surface area contributed by atoms with E-state index in [1.165, 1.54) is 204 Å². The van der Waals surface area contributed by atoms with Crippen molar-refractivity contribution in [1.82, 2.24) is 0 Å². The van der Waals surface area contributed by atoms with Gasteiger partial charge in [0, 0.05) is 5.92 Å². The highest BCUT2D eigenvalue weighted by molar-refractivity contribution is 5.76. The maximum absolute atomic E-state index is 10.6. The van der Waals surface area contributed by atoms with Gasteiger partial charge in [-0.2, -0.15) is 0 Å². The van der Waals surface area contributed by atoms with Crippen LogP contribution in [0.15, 0.2) is 0 Å². The predicted octanol–water partition coefficient (Wildman–Crippen LogP) is 13.3. The average molecular weight is 624 g/mol. The molecule has 0 aromatic carbocycles. The first-order valence-corrected chi connectivity index (χ1v) is 20.6. The van der Waals surface area contributed by atoms with E-state index in [2.05, 4.69) is 34.6 Å². The fraction of sp³-hybridized carbons (Fsp3) is 0.976. The minimum absolute atomic E-state index is 0.0619. The van der Waals surface area contributed by atoms with Gasteiger partial charge in [-0.05, 0) is 57.8 Å². The van der Waals surface area contributed by atoms with Gasteiger partial charge in [0.15, 0.2) is 0 Å². The van der Waals surface area contributed by atoms with Crippen LogP contribution in [0.25, 0.3) is 0 Å². The summed E-state index contributed by atoms with van der Waals surface area (Å²) in [5.74, 6) is -0.103. The van der Waals surface area contributed by atoms with E-state index in [0.717, 1.165) is 12.8 Å². The summed E-state index contributed by atoms with van der Waals surface area (Å²) in [6, 6.07) is 0. The Morgan fingerprint density at radius 1 is 0.409 bits per heavy atom. The average Bonchev–Trinajstić information content (AvgIpc) is 3.02. The molecule has 0 saturated heterocycles.